The molecule has 0 bridgehead atoms. The maximum absolute atomic E-state index is 13.1. The molecule has 4 atom stereocenters. The van der Waals surface area contributed by atoms with E-state index in [1.54, 1.807) is 24.6 Å². The Morgan fingerprint density at radius 3 is 2.60 bits per heavy atom. The number of para-hydroxylation sites is 1. The Labute approximate surface area is 146 Å². The molecule has 5 heteroatoms. The van der Waals surface area contributed by atoms with Gasteiger partial charge in [-0.15, -0.1) is 0 Å². The molecule has 1 aromatic carbocycles. The summed E-state index contributed by atoms with van der Waals surface area (Å²) in [5.41, 5.74) is -0.955. The van der Waals surface area contributed by atoms with Crippen LogP contribution in [0.1, 0.15) is 32.3 Å². The van der Waals surface area contributed by atoms with Gasteiger partial charge in [-0.3, -0.25) is 4.79 Å². The van der Waals surface area contributed by atoms with Crippen LogP contribution < -0.4 is 10.3 Å². The number of aliphatic hydroxyl groups excluding tert-OH is 1. The molecular formula is C20H23NO4. The van der Waals surface area contributed by atoms with Gasteiger partial charge in [0.25, 0.3) is 5.56 Å². The molecule has 1 aliphatic heterocycles. The van der Waals surface area contributed by atoms with Crippen molar-refractivity contribution >= 4 is 10.9 Å². The third kappa shape index (κ3) is 2.12. The van der Waals surface area contributed by atoms with E-state index in [1.807, 2.05) is 44.2 Å². The summed E-state index contributed by atoms with van der Waals surface area (Å²) in [7, 11) is 1.73. The van der Waals surface area contributed by atoms with Gasteiger partial charge in [0, 0.05) is 24.3 Å². The molecule has 2 heterocycles. The number of aryl methyl sites for hydroxylation is 1. The third-order valence-electron chi connectivity index (χ3n) is 5.76. The van der Waals surface area contributed by atoms with Gasteiger partial charge >= 0.3 is 0 Å². The fourth-order valence-electron chi connectivity index (χ4n) is 4.30. The summed E-state index contributed by atoms with van der Waals surface area (Å²) >= 11 is 0. The smallest absolute Gasteiger partial charge is 0.258 e. The number of benzene rings is 1. The normalized spacial score (nSPS) is 32.8. The fourth-order valence-corrected chi connectivity index (χ4v) is 4.30. The standard InChI is InChI=1S/C20H23NO4/c1-19(2)12-9-10-20(3,24)17(22)14(12)15-16(25-19)11-7-5-6-8-13(11)21(4)18(15)23/h5-10,12,14,17,22,24H,1-4H3/t12-,14-,17+,20+/m1/s1. The van der Waals surface area contributed by atoms with E-state index in [-0.39, 0.29) is 11.5 Å². The van der Waals surface area contributed by atoms with Gasteiger partial charge in [-0.25, -0.2) is 0 Å². The quantitative estimate of drug-likeness (QED) is 0.720. The van der Waals surface area contributed by atoms with Crippen LogP contribution in [0.4, 0.5) is 0 Å². The number of aromatic nitrogens is 1. The van der Waals surface area contributed by atoms with Crippen molar-refractivity contribution in [1.29, 1.82) is 0 Å². The van der Waals surface area contributed by atoms with Gasteiger partial charge in [0.15, 0.2) is 0 Å². The van der Waals surface area contributed by atoms with E-state index in [9.17, 15) is 15.0 Å². The van der Waals surface area contributed by atoms with Crippen LogP contribution >= 0.6 is 0 Å². The van der Waals surface area contributed by atoms with Crippen molar-refractivity contribution in [2.75, 3.05) is 0 Å². The molecule has 0 amide bonds. The number of rotatable bonds is 0. The Kier molecular flexibility index (Phi) is 3.25. The molecule has 0 saturated carbocycles. The lowest BCUT2D eigenvalue weighted by molar-refractivity contribution is -0.0855. The van der Waals surface area contributed by atoms with E-state index in [1.165, 1.54) is 0 Å². The largest absolute Gasteiger partial charge is 0.486 e. The lowest BCUT2D eigenvalue weighted by Gasteiger charge is -2.49. The van der Waals surface area contributed by atoms with Crippen LogP contribution in [0.25, 0.3) is 10.9 Å². The molecule has 0 unspecified atom stereocenters. The van der Waals surface area contributed by atoms with E-state index in [0.29, 0.717) is 11.3 Å². The van der Waals surface area contributed by atoms with Crippen LogP contribution in [-0.2, 0) is 7.05 Å². The van der Waals surface area contributed by atoms with Crippen LogP contribution in [0.2, 0.25) is 0 Å². The van der Waals surface area contributed by atoms with E-state index >= 15 is 0 Å². The summed E-state index contributed by atoms with van der Waals surface area (Å²) in [5, 5.41) is 22.3. The molecule has 0 saturated heterocycles. The minimum atomic E-state index is -1.39. The van der Waals surface area contributed by atoms with Gasteiger partial charge in [0.2, 0.25) is 0 Å². The second kappa shape index (κ2) is 4.96. The zero-order valence-corrected chi connectivity index (χ0v) is 14.9. The van der Waals surface area contributed by atoms with Crippen molar-refractivity contribution in [2.45, 2.75) is 44.0 Å². The molecule has 132 valence electrons. The van der Waals surface area contributed by atoms with E-state index in [2.05, 4.69) is 0 Å². The first-order valence-electron chi connectivity index (χ1n) is 8.55. The number of hydrogen-bond acceptors (Lipinski definition) is 4. The summed E-state index contributed by atoms with van der Waals surface area (Å²) in [6.45, 7) is 5.48. The second-order valence-electron chi connectivity index (χ2n) is 7.91. The van der Waals surface area contributed by atoms with Crippen LogP contribution in [-0.4, -0.2) is 32.1 Å². The van der Waals surface area contributed by atoms with Crippen LogP contribution in [0.15, 0.2) is 41.2 Å². The van der Waals surface area contributed by atoms with Gasteiger partial charge in [-0.05, 0) is 32.9 Å². The fraction of sp³-hybridized carbons (Fsp3) is 0.450. The molecule has 0 radical (unpaired) electrons. The number of nitrogens with zero attached hydrogens (tertiary/aromatic N) is 1. The zero-order valence-electron chi connectivity index (χ0n) is 14.9. The molecule has 25 heavy (non-hydrogen) atoms. The van der Waals surface area contributed by atoms with Crippen molar-refractivity contribution < 1.29 is 14.9 Å². The highest BCUT2D eigenvalue weighted by atomic mass is 16.5. The van der Waals surface area contributed by atoms with Crippen LogP contribution in [0.5, 0.6) is 5.75 Å². The summed E-state index contributed by atoms with van der Waals surface area (Å²) in [6.07, 6.45) is 2.40. The molecule has 1 aliphatic carbocycles. The molecule has 2 aromatic rings. The average Bonchev–Trinajstić information content (AvgIpc) is 2.55. The van der Waals surface area contributed by atoms with E-state index in [4.69, 9.17) is 4.74 Å². The molecule has 5 nitrogen and oxygen atoms in total. The number of hydrogen-bond donors (Lipinski definition) is 2. The predicted octanol–water partition coefficient (Wildman–Crippen LogP) is 2.09. The molecule has 4 rings (SSSR count). The maximum atomic E-state index is 13.1. The summed E-state index contributed by atoms with van der Waals surface area (Å²) in [5.74, 6) is -0.207. The van der Waals surface area contributed by atoms with Crippen molar-refractivity contribution in [1.82, 2.24) is 4.57 Å². The Morgan fingerprint density at radius 1 is 1.20 bits per heavy atom. The van der Waals surface area contributed by atoms with E-state index < -0.39 is 23.2 Å². The first-order chi connectivity index (χ1) is 11.6. The first kappa shape index (κ1) is 16.4. The highest BCUT2D eigenvalue weighted by Crippen LogP contribution is 2.51. The van der Waals surface area contributed by atoms with Gasteiger partial charge in [-0.2, -0.15) is 0 Å². The highest BCUT2D eigenvalue weighted by Gasteiger charge is 2.53. The van der Waals surface area contributed by atoms with Crippen molar-refractivity contribution in [3.05, 3.63) is 52.3 Å². The van der Waals surface area contributed by atoms with Crippen molar-refractivity contribution in [3.63, 3.8) is 0 Å². The van der Waals surface area contributed by atoms with Crippen molar-refractivity contribution in [3.8, 4) is 5.75 Å². The summed E-state index contributed by atoms with van der Waals surface area (Å²) in [6, 6.07) is 7.59. The molecule has 1 aromatic heterocycles. The molecule has 0 spiro atoms. The third-order valence-corrected chi connectivity index (χ3v) is 5.76. The van der Waals surface area contributed by atoms with Gasteiger partial charge < -0.3 is 19.5 Å². The monoisotopic (exact) mass is 341 g/mol. The summed E-state index contributed by atoms with van der Waals surface area (Å²) in [4.78, 5) is 13.1. The lowest BCUT2D eigenvalue weighted by Crippen LogP contribution is -2.56. The Balaban J connectivity index is 2.11. The Morgan fingerprint density at radius 2 is 1.88 bits per heavy atom. The van der Waals surface area contributed by atoms with Crippen molar-refractivity contribution in [2.24, 2.45) is 13.0 Å². The zero-order chi connectivity index (χ0) is 18.1. The molecule has 2 aliphatic rings. The molecule has 0 fully saturated rings. The SMILES string of the molecule is Cn1c(=O)c2c(c3ccccc31)OC(C)(C)[C@@H]1C=C[C@](C)(O)[C@@H](O)[C@@H]21. The number of aliphatic hydroxyl groups is 2. The minimum Gasteiger partial charge on any atom is -0.486 e. The molecular weight excluding hydrogens is 318 g/mol. The average molecular weight is 341 g/mol. The van der Waals surface area contributed by atoms with Crippen LogP contribution in [0, 0.1) is 5.92 Å². The van der Waals surface area contributed by atoms with Gasteiger partial charge in [0.05, 0.1) is 17.2 Å². The van der Waals surface area contributed by atoms with Gasteiger partial charge in [-0.1, -0.05) is 24.3 Å². The molecule has 2 N–H and O–H groups in total. The minimum absolute atomic E-state index is 0.190. The Hall–Kier alpha value is -2.11. The number of pyridine rings is 1. The summed E-state index contributed by atoms with van der Waals surface area (Å²) < 4.78 is 7.89. The maximum Gasteiger partial charge on any atom is 0.258 e. The Bertz CT molecular complexity index is 954. The number of ether oxygens (including phenoxy) is 1. The lowest BCUT2D eigenvalue weighted by atomic mass is 9.65. The van der Waals surface area contributed by atoms with Crippen LogP contribution in [0.3, 0.4) is 0 Å². The first-order valence-corrected chi connectivity index (χ1v) is 8.55. The number of fused-ring (bicyclic) bond motifs is 5. The predicted molar refractivity (Wildman–Crippen MR) is 95.9 cm³/mol. The topological polar surface area (TPSA) is 71.7 Å². The highest BCUT2D eigenvalue weighted by molar-refractivity contribution is 5.87. The second-order valence-corrected chi connectivity index (χ2v) is 7.91. The van der Waals surface area contributed by atoms with Gasteiger partial charge in [0.1, 0.15) is 17.0 Å². The van der Waals surface area contributed by atoms with E-state index in [0.717, 1.165) is 10.9 Å².